The van der Waals surface area contributed by atoms with E-state index in [4.69, 9.17) is 14.6 Å². The molecule has 18 heavy (non-hydrogen) atoms. The lowest BCUT2D eigenvalue weighted by Crippen LogP contribution is -2.04. The van der Waals surface area contributed by atoms with Crippen molar-refractivity contribution < 1.29 is 19.4 Å². The topological polar surface area (TPSA) is 55.8 Å². The maximum atomic E-state index is 10.9. The molecule has 0 spiro atoms. The van der Waals surface area contributed by atoms with Gasteiger partial charge in [0, 0.05) is 22.2 Å². The molecule has 1 aromatic carbocycles. The van der Waals surface area contributed by atoms with E-state index in [0.717, 1.165) is 10.6 Å². The molecule has 4 nitrogen and oxygen atoms in total. The van der Waals surface area contributed by atoms with E-state index in [9.17, 15) is 4.79 Å². The predicted octanol–water partition coefficient (Wildman–Crippen LogP) is 2.90. The lowest BCUT2D eigenvalue weighted by atomic mass is 10.2. The molecule has 0 radical (unpaired) electrons. The molecule has 0 atom stereocenters. The second-order valence-corrected chi connectivity index (χ2v) is 5.42. The molecule has 0 aliphatic rings. The summed E-state index contributed by atoms with van der Waals surface area (Å²) in [7, 11) is 1.63. The lowest BCUT2D eigenvalue weighted by molar-refractivity contribution is 0.0695. The van der Waals surface area contributed by atoms with Crippen LogP contribution in [0.4, 0.5) is 0 Å². The minimum absolute atomic E-state index is 0.278. The van der Waals surface area contributed by atoms with Crippen LogP contribution in [0.3, 0.4) is 0 Å². The zero-order valence-corrected chi connectivity index (χ0v) is 12.4. The Bertz CT molecular complexity index is 398. The van der Waals surface area contributed by atoms with Gasteiger partial charge in [-0.15, -0.1) is 11.8 Å². The summed E-state index contributed by atoms with van der Waals surface area (Å²) in [6, 6.07) is 5.29. The van der Waals surface area contributed by atoms with Gasteiger partial charge in [0.1, 0.15) is 0 Å². The first-order valence-corrected chi connectivity index (χ1v) is 7.15. The maximum Gasteiger partial charge on any atom is 0.336 e. The van der Waals surface area contributed by atoms with Gasteiger partial charge in [-0.05, 0) is 34.1 Å². The fraction of sp³-hybridized carbons (Fsp3) is 0.417. The average Bonchev–Trinajstić information content (AvgIpc) is 2.35. The maximum absolute atomic E-state index is 10.9. The first kappa shape index (κ1) is 15.5. The van der Waals surface area contributed by atoms with Crippen LogP contribution in [0.5, 0.6) is 0 Å². The number of carbonyl (C=O) groups is 1. The highest BCUT2D eigenvalue weighted by Gasteiger charge is 2.08. The van der Waals surface area contributed by atoms with Gasteiger partial charge >= 0.3 is 5.97 Å². The Morgan fingerprint density at radius 3 is 2.83 bits per heavy atom. The van der Waals surface area contributed by atoms with Crippen molar-refractivity contribution in [1.29, 1.82) is 0 Å². The molecule has 100 valence electrons. The quantitative estimate of drug-likeness (QED) is 0.585. The fourth-order valence-electron chi connectivity index (χ4n) is 1.22. The van der Waals surface area contributed by atoms with Crippen LogP contribution >= 0.6 is 27.7 Å². The smallest absolute Gasteiger partial charge is 0.336 e. The number of carboxylic acid groups (broad SMARTS) is 1. The number of thioether (sulfide) groups is 1. The summed E-state index contributed by atoms with van der Waals surface area (Å²) >= 11 is 4.78. The number of carboxylic acids is 1. The monoisotopic (exact) mass is 334 g/mol. The highest BCUT2D eigenvalue weighted by Crippen LogP contribution is 2.24. The summed E-state index contributed by atoms with van der Waals surface area (Å²) < 4.78 is 10.8. The molecule has 0 saturated heterocycles. The van der Waals surface area contributed by atoms with E-state index in [1.165, 1.54) is 0 Å². The van der Waals surface area contributed by atoms with E-state index in [1.54, 1.807) is 31.0 Å². The number of rotatable bonds is 8. The van der Waals surface area contributed by atoms with Crippen molar-refractivity contribution >= 4 is 33.7 Å². The van der Waals surface area contributed by atoms with Crippen LogP contribution < -0.4 is 0 Å². The zero-order valence-electron chi connectivity index (χ0n) is 10.0. The lowest BCUT2D eigenvalue weighted by Gasteiger charge is -2.05. The SMILES string of the molecule is COCCOCCSc1ccc(Br)c(C(=O)O)c1. The van der Waals surface area contributed by atoms with Crippen molar-refractivity contribution in [3.63, 3.8) is 0 Å². The van der Waals surface area contributed by atoms with Crippen LogP contribution in [0.2, 0.25) is 0 Å². The minimum atomic E-state index is -0.930. The van der Waals surface area contributed by atoms with Crippen molar-refractivity contribution in [3.8, 4) is 0 Å². The molecule has 0 unspecified atom stereocenters. The number of benzene rings is 1. The van der Waals surface area contributed by atoms with Gasteiger partial charge in [0.25, 0.3) is 0 Å². The third-order valence-electron chi connectivity index (χ3n) is 2.10. The number of hydrogen-bond donors (Lipinski definition) is 1. The molecular weight excluding hydrogens is 320 g/mol. The van der Waals surface area contributed by atoms with E-state index in [1.807, 2.05) is 6.07 Å². The van der Waals surface area contributed by atoms with Gasteiger partial charge in [0.2, 0.25) is 0 Å². The Morgan fingerprint density at radius 2 is 2.17 bits per heavy atom. The number of halogens is 1. The number of aromatic carboxylic acids is 1. The van der Waals surface area contributed by atoms with Crippen LogP contribution in [0, 0.1) is 0 Å². The summed E-state index contributed by atoms with van der Waals surface area (Å²) in [4.78, 5) is 11.9. The van der Waals surface area contributed by atoms with Gasteiger partial charge in [-0.2, -0.15) is 0 Å². The minimum Gasteiger partial charge on any atom is -0.478 e. The Balaban J connectivity index is 2.38. The van der Waals surface area contributed by atoms with Gasteiger partial charge in [-0.3, -0.25) is 0 Å². The number of ether oxygens (including phenoxy) is 2. The summed E-state index contributed by atoms with van der Waals surface area (Å²) in [5.41, 5.74) is 0.278. The Labute approximate surface area is 119 Å². The molecular formula is C12H15BrO4S. The Kier molecular flexibility index (Phi) is 7.34. The molecule has 0 heterocycles. The molecule has 0 aliphatic carbocycles. The average molecular weight is 335 g/mol. The second kappa shape index (κ2) is 8.53. The third kappa shape index (κ3) is 5.39. The molecule has 0 bridgehead atoms. The molecule has 0 aliphatic heterocycles. The molecule has 0 aromatic heterocycles. The van der Waals surface area contributed by atoms with Crippen LogP contribution in [-0.2, 0) is 9.47 Å². The van der Waals surface area contributed by atoms with Gasteiger partial charge in [0.15, 0.2) is 0 Å². The van der Waals surface area contributed by atoms with Crippen LogP contribution in [0.25, 0.3) is 0 Å². The van der Waals surface area contributed by atoms with Gasteiger partial charge in [-0.25, -0.2) is 4.79 Å². The Morgan fingerprint density at radius 1 is 1.39 bits per heavy atom. The summed E-state index contributed by atoms with van der Waals surface area (Å²) in [6.45, 7) is 1.79. The molecule has 0 fully saturated rings. The van der Waals surface area contributed by atoms with Crippen LogP contribution in [0.1, 0.15) is 10.4 Å². The van der Waals surface area contributed by atoms with E-state index in [0.29, 0.717) is 24.3 Å². The second-order valence-electron chi connectivity index (χ2n) is 3.40. The standard InChI is InChI=1S/C12H15BrO4S/c1-16-4-5-17-6-7-18-9-2-3-11(13)10(8-9)12(14)15/h2-3,8H,4-7H2,1H3,(H,14,15). The fourth-order valence-corrected chi connectivity index (χ4v) is 2.44. The third-order valence-corrected chi connectivity index (χ3v) is 3.75. The van der Waals surface area contributed by atoms with Crippen LogP contribution in [-0.4, -0.2) is 43.8 Å². The summed E-state index contributed by atoms with van der Waals surface area (Å²) in [6.07, 6.45) is 0. The molecule has 0 saturated carbocycles. The largest absolute Gasteiger partial charge is 0.478 e. The summed E-state index contributed by atoms with van der Waals surface area (Å²) in [5, 5.41) is 8.98. The molecule has 6 heteroatoms. The predicted molar refractivity (Wildman–Crippen MR) is 74.5 cm³/mol. The van der Waals surface area contributed by atoms with E-state index in [2.05, 4.69) is 15.9 Å². The van der Waals surface area contributed by atoms with E-state index in [-0.39, 0.29) is 5.56 Å². The van der Waals surface area contributed by atoms with E-state index >= 15 is 0 Å². The van der Waals surface area contributed by atoms with Crippen molar-refractivity contribution in [2.75, 3.05) is 32.7 Å². The van der Waals surface area contributed by atoms with Gasteiger partial charge < -0.3 is 14.6 Å². The van der Waals surface area contributed by atoms with Crippen molar-refractivity contribution in [2.24, 2.45) is 0 Å². The van der Waals surface area contributed by atoms with Gasteiger partial charge in [0.05, 0.1) is 25.4 Å². The number of methoxy groups -OCH3 is 1. The normalized spacial score (nSPS) is 10.6. The van der Waals surface area contributed by atoms with Crippen LogP contribution in [0.15, 0.2) is 27.6 Å². The van der Waals surface area contributed by atoms with Gasteiger partial charge in [-0.1, -0.05) is 0 Å². The molecule has 0 amide bonds. The van der Waals surface area contributed by atoms with E-state index < -0.39 is 5.97 Å². The highest BCUT2D eigenvalue weighted by molar-refractivity contribution is 9.10. The first-order valence-electron chi connectivity index (χ1n) is 5.37. The Hall–Kier alpha value is -0.560. The van der Waals surface area contributed by atoms with Crippen molar-refractivity contribution in [3.05, 3.63) is 28.2 Å². The number of hydrogen-bond acceptors (Lipinski definition) is 4. The molecule has 1 N–H and O–H groups in total. The highest BCUT2D eigenvalue weighted by atomic mass is 79.9. The zero-order chi connectivity index (χ0) is 13.4. The van der Waals surface area contributed by atoms with Crippen molar-refractivity contribution in [1.82, 2.24) is 0 Å². The van der Waals surface area contributed by atoms with Crippen molar-refractivity contribution in [2.45, 2.75) is 4.90 Å². The molecule has 1 aromatic rings. The first-order chi connectivity index (χ1) is 8.65. The molecule has 1 rings (SSSR count). The summed E-state index contributed by atoms with van der Waals surface area (Å²) in [5.74, 6) is -0.148.